The number of amides is 1. The molecule has 2 aromatic rings. The lowest BCUT2D eigenvalue weighted by Crippen LogP contribution is -2.49. The van der Waals surface area contributed by atoms with Gasteiger partial charge in [0.25, 0.3) is 5.56 Å². The van der Waals surface area contributed by atoms with E-state index in [1.807, 2.05) is 45.6 Å². The van der Waals surface area contributed by atoms with E-state index in [4.69, 9.17) is 9.72 Å². The van der Waals surface area contributed by atoms with Crippen molar-refractivity contribution < 1.29 is 19.1 Å². The van der Waals surface area contributed by atoms with Crippen molar-refractivity contribution in [2.24, 2.45) is 7.05 Å². The van der Waals surface area contributed by atoms with Gasteiger partial charge in [-0.25, -0.2) is 14.4 Å². The Morgan fingerprint density at radius 2 is 1.87 bits per heavy atom. The lowest BCUT2D eigenvalue weighted by atomic mass is 10.1. The molecule has 3 heterocycles. The van der Waals surface area contributed by atoms with Gasteiger partial charge in [0.15, 0.2) is 11.2 Å². The molecule has 0 saturated carbocycles. The van der Waals surface area contributed by atoms with E-state index in [2.05, 4.69) is 10.1 Å². The number of esters is 1. The number of rotatable bonds is 7. The third-order valence-corrected chi connectivity index (χ3v) is 6.06. The van der Waals surface area contributed by atoms with E-state index < -0.39 is 28.9 Å². The van der Waals surface area contributed by atoms with Crippen LogP contribution in [-0.2, 0) is 34.4 Å². The molecule has 0 aliphatic carbocycles. The summed E-state index contributed by atoms with van der Waals surface area (Å²) in [7, 11) is 2.82. The maximum Gasteiger partial charge on any atom is 0.407 e. The molecule has 0 radical (unpaired) electrons. The van der Waals surface area contributed by atoms with Gasteiger partial charge in [-0.3, -0.25) is 13.9 Å². The zero-order valence-corrected chi connectivity index (χ0v) is 23.2. The van der Waals surface area contributed by atoms with Crippen LogP contribution in [0.4, 0.5) is 10.7 Å². The number of aromatic nitrogens is 4. The molecule has 0 bridgehead atoms. The summed E-state index contributed by atoms with van der Waals surface area (Å²) in [5, 5.41) is 2.94. The molecule has 12 heteroatoms. The fourth-order valence-electron chi connectivity index (χ4n) is 4.28. The van der Waals surface area contributed by atoms with E-state index >= 15 is 0 Å². The van der Waals surface area contributed by atoms with Crippen LogP contribution in [-0.4, -0.2) is 62.6 Å². The third kappa shape index (κ3) is 6.73. The molecule has 2 aromatic heterocycles. The molecule has 3 rings (SSSR count). The highest BCUT2D eigenvalue weighted by molar-refractivity contribution is 5.81. The maximum atomic E-state index is 13.6. The van der Waals surface area contributed by atoms with Crippen molar-refractivity contribution in [2.75, 3.05) is 25.1 Å². The molecule has 1 aliphatic rings. The summed E-state index contributed by atoms with van der Waals surface area (Å²) >= 11 is 0. The number of piperidine rings is 1. The van der Waals surface area contributed by atoms with E-state index in [1.54, 1.807) is 11.6 Å². The summed E-state index contributed by atoms with van der Waals surface area (Å²) in [6.07, 6.45) is 5.67. The maximum absolute atomic E-state index is 13.6. The SMILES string of the molecule is COC(=O)C=CCn1c(=O)c2c(nc(N3CCCC(NC(=O)OC(C)(C)C)C3)n2CC=C(C)C)n(C)c1=O. The number of nitrogens with one attached hydrogen (secondary N) is 1. The molecule has 1 saturated heterocycles. The number of nitrogens with zero attached hydrogens (tertiary/aromatic N) is 5. The van der Waals surface area contributed by atoms with Crippen LogP contribution >= 0.6 is 0 Å². The van der Waals surface area contributed by atoms with Crippen LogP contribution in [0.15, 0.2) is 33.4 Å². The van der Waals surface area contributed by atoms with Crippen molar-refractivity contribution >= 4 is 29.2 Å². The molecular formula is C26H38N6O6. The van der Waals surface area contributed by atoms with Gasteiger partial charge in [0, 0.05) is 45.3 Å². The Labute approximate surface area is 221 Å². The van der Waals surface area contributed by atoms with E-state index in [9.17, 15) is 19.2 Å². The Balaban J connectivity index is 2.05. The highest BCUT2D eigenvalue weighted by atomic mass is 16.6. The van der Waals surface area contributed by atoms with Gasteiger partial charge >= 0.3 is 17.8 Å². The Kier molecular flexibility index (Phi) is 8.85. The lowest BCUT2D eigenvalue weighted by Gasteiger charge is -2.34. The van der Waals surface area contributed by atoms with Crippen LogP contribution in [0.1, 0.15) is 47.5 Å². The predicted octanol–water partition coefficient (Wildman–Crippen LogP) is 2.09. The summed E-state index contributed by atoms with van der Waals surface area (Å²) in [6.45, 7) is 10.8. The second-order valence-electron chi connectivity index (χ2n) is 10.6. The first-order valence-electron chi connectivity index (χ1n) is 12.6. The average molecular weight is 531 g/mol. The van der Waals surface area contributed by atoms with Gasteiger partial charge in [-0.1, -0.05) is 17.7 Å². The van der Waals surface area contributed by atoms with Crippen molar-refractivity contribution in [3.63, 3.8) is 0 Å². The van der Waals surface area contributed by atoms with Crippen LogP contribution in [0, 0.1) is 0 Å². The van der Waals surface area contributed by atoms with E-state index in [1.165, 1.54) is 23.8 Å². The van der Waals surface area contributed by atoms with Gasteiger partial charge in [-0.2, -0.15) is 4.98 Å². The smallest absolute Gasteiger partial charge is 0.407 e. The molecule has 38 heavy (non-hydrogen) atoms. The van der Waals surface area contributed by atoms with E-state index in [0.717, 1.165) is 23.0 Å². The number of hydrogen-bond acceptors (Lipinski definition) is 8. The molecule has 208 valence electrons. The third-order valence-electron chi connectivity index (χ3n) is 6.06. The minimum absolute atomic E-state index is 0.0920. The number of aryl methyl sites for hydroxylation is 1. The van der Waals surface area contributed by atoms with Gasteiger partial charge in [0.05, 0.1) is 7.11 Å². The van der Waals surface area contributed by atoms with Crippen LogP contribution < -0.4 is 21.5 Å². The summed E-state index contributed by atoms with van der Waals surface area (Å²) < 4.78 is 14.2. The Hall–Kier alpha value is -3.83. The molecule has 1 aliphatic heterocycles. The van der Waals surface area contributed by atoms with Crippen molar-refractivity contribution in [1.82, 2.24) is 24.0 Å². The highest BCUT2D eigenvalue weighted by Gasteiger charge is 2.29. The first kappa shape index (κ1) is 28.7. The number of allylic oxidation sites excluding steroid dienone is 3. The van der Waals surface area contributed by atoms with Gasteiger partial charge in [0.2, 0.25) is 5.95 Å². The molecule has 0 spiro atoms. The van der Waals surface area contributed by atoms with Gasteiger partial charge in [-0.15, -0.1) is 0 Å². The average Bonchev–Trinajstić information content (AvgIpc) is 3.22. The first-order valence-corrected chi connectivity index (χ1v) is 12.6. The Morgan fingerprint density at radius 3 is 2.50 bits per heavy atom. The quantitative estimate of drug-likeness (QED) is 0.327. The summed E-state index contributed by atoms with van der Waals surface area (Å²) in [6, 6.07) is -0.167. The highest BCUT2D eigenvalue weighted by Crippen LogP contribution is 2.24. The number of hydrogen-bond donors (Lipinski definition) is 1. The minimum atomic E-state index is -0.604. The normalized spacial score (nSPS) is 16.1. The van der Waals surface area contributed by atoms with Crippen LogP contribution in [0.5, 0.6) is 0 Å². The van der Waals surface area contributed by atoms with E-state index in [0.29, 0.717) is 25.6 Å². The molecule has 1 fully saturated rings. The van der Waals surface area contributed by atoms with Crippen LogP contribution in [0.2, 0.25) is 0 Å². The molecule has 0 aromatic carbocycles. The van der Waals surface area contributed by atoms with Crippen LogP contribution in [0.3, 0.4) is 0 Å². The monoisotopic (exact) mass is 530 g/mol. The molecule has 1 atom stereocenters. The fraction of sp³-hybridized carbons (Fsp3) is 0.577. The number of carbonyl (C=O) groups excluding carboxylic acids is 2. The molecule has 12 nitrogen and oxygen atoms in total. The van der Waals surface area contributed by atoms with Crippen molar-refractivity contribution in [3.8, 4) is 0 Å². The lowest BCUT2D eigenvalue weighted by molar-refractivity contribution is -0.134. The second-order valence-corrected chi connectivity index (χ2v) is 10.6. The van der Waals surface area contributed by atoms with Crippen molar-refractivity contribution in [2.45, 2.75) is 72.2 Å². The summed E-state index contributed by atoms with van der Waals surface area (Å²) in [5.74, 6) is -0.0328. The summed E-state index contributed by atoms with van der Waals surface area (Å²) in [4.78, 5) is 57.2. The zero-order valence-electron chi connectivity index (χ0n) is 23.2. The minimum Gasteiger partial charge on any atom is -0.466 e. The number of imidazole rings is 1. The van der Waals surface area contributed by atoms with E-state index in [-0.39, 0.29) is 23.8 Å². The van der Waals surface area contributed by atoms with Crippen LogP contribution in [0.25, 0.3) is 11.2 Å². The fourth-order valence-corrected chi connectivity index (χ4v) is 4.28. The largest absolute Gasteiger partial charge is 0.466 e. The molecular weight excluding hydrogens is 492 g/mol. The van der Waals surface area contributed by atoms with Crippen molar-refractivity contribution in [1.29, 1.82) is 0 Å². The molecule has 1 amide bonds. The van der Waals surface area contributed by atoms with Crippen molar-refractivity contribution in [3.05, 3.63) is 44.6 Å². The zero-order chi connectivity index (χ0) is 28.2. The van der Waals surface area contributed by atoms with Gasteiger partial charge < -0.3 is 24.3 Å². The second kappa shape index (κ2) is 11.7. The number of fused-ring (bicyclic) bond motifs is 1. The number of carbonyl (C=O) groups is 2. The van der Waals surface area contributed by atoms with Gasteiger partial charge in [0.1, 0.15) is 5.60 Å². The Bertz CT molecular complexity index is 1370. The molecule has 1 N–H and O–H groups in total. The standard InChI is InChI=1S/C26H38N6O6/c1-17(2)12-15-31-20-21(29(6)25(36)32(22(20)34)14-9-11-19(33)37-7)28-23(31)30-13-8-10-18(16-30)27-24(35)38-26(3,4)5/h9,11-12,18H,8,10,13-16H2,1-7H3,(H,27,35). The predicted molar refractivity (Wildman–Crippen MR) is 144 cm³/mol. The number of anilines is 1. The summed E-state index contributed by atoms with van der Waals surface area (Å²) in [5.41, 5.74) is -0.0292. The number of alkyl carbamates (subject to hydrolysis) is 1. The number of ether oxygens (including phenoxy) is 2. The molecule has 1 unspecified atom stereocenters. The Morgan fingerprint density at radius 1 is 1.16 bits per heavy atom. The van der Waals surface area contributed by atoms with Gasteiger partial charge in [-0.05, 0) is 47.5 Å². The topological polar surface area (TPSA) is 130 Å². The first-order chi connectivity index (χ1) is 17.8. The number of methoxy groups -OCH3 is 1.